The van der Waals surface area contributed by atoms with Crippen LogP contribution in [0.25, 0.3) is 0 Å². The van der Waals surface area contributed by atoms with Gasteiger partial charge in [-0.05, 0) is 48.8 Å². The average molecular weight is 321 g/mol. The highest BCUT2D eigenvalue weighted by atomic mass is 16.5. The number of hydrogen-bond donors (Lipinski definition) is 1. The number of nitrogens with one attached hydrogen (secondary N) is 1. The third-order valence-corrected chi connectivity index (χ3v) is 5.42. The molecule has 0 saturated heterocycles. The standard InChI is InChI=1S/C21H23NO2/c23-21(22-19-13-16-10-11-17(19)12-16)18-8-4-5-9-20(18)24-14-15-6-2-1-3-7-15/h1-9,16-17,19H,10-14H2,(H,22,23)/t16-,17+,19+/m0/s1. The number of hydrogen-bond acceptors (Lipinski definition) is 2. The average Bonchev–Trinajstić information content (AvgIpc) is 3.24. The van der Waals surface area contributed by atoms with Crippen LogP contribution in [0, 0.1) is 11.8 Å². The van der Waals surface area contributed by atoms with Crippen LogP contribution in [0.4, 0.5) is 0 Å². The quantitative estimate of drug-likeness (QED) is 0.897. The summed E-state index contributed by atoms with van der Waals surface area (Å²) >= 11 is 0. The number of rotatable bonds is 5. The molecule has 0 radical (unpaired) electrons. The Morgan fingerprint density at radius 2 is 1.79 bits per heavy atom. The Balaban J connectivity index is 1.44. The number of fused-ring (bicyclic) bond motifs is 2. The second-order valence-electron chi connectivity index (χ2n) is 7.03. The van der Waals surface area contributed by atoms with Gasteiger partial charge in [-0.15, -0.1) is 0 Å². The topological polar surface area (TPSA) is 38.3 Å². The van der Waals surface area contributed by atoms with E-state index in [1.165, 1.54) is 19.3 Å². The molecule has 3 nitrogen and oxygen atoms in total. The number of ether oxygens (including phenoxy) is 1. The predicted octanol–water partition coefficient (Wildman–Crippen LogP) is 4.18. The number of amides is 1. The summed E-state index contributed by atoms with van der Waals surface area (Å²) in [4.78, 5) is 12.7. The molecule has 1 amide bonds. The van der Waals surface area contributed by atoms with Crippen LogP contribution in [0.5, 0.6) is 5.75 Å². The van der Waals surface area contributed by atoms with Crippen molar-refractivity contribution in [3.8, 4) is 5.75 Å². The SMILES string of the molecule is O=C(N[C@@H]1C[C@H]2CC[C@@H]1C2)c1ccccc1OCc1ccccc1. The molecule has 2 bridgehead atoms. The van der Waals surface area contributed by atoms with Crippen molar-refractivity contribution < 1.29 is 9.53 Å². The molecule has 2 aromatic carbocycles. The summed E-state index contributed by atoms with van der Waals surface area (Å²) in [7, 11) is 0. The molecule has 2 aliphatic rings. The van der Waals surface area contributed by atoms with Gasteiger partial charge >= 0.3 is 0 Å². The molecule has 1 N–H and O–H groups in total. The number of para-hydroxylation sites is 1. The summed E-state index contributed by atoms with van der Waals surface area (Å²) in [6, 6.07) is 17.9. The van der Waals surface area contributed by atoms with Gasteiger partial charge in [0.05, 0.1) is 5.56 Å². The zero-order valence-corrected chi connectivity index (χ0v) is 13.8. The maximum absolute atomic E-state index is 12.7. The van der Waals surface area contributed by atoms with E-state index in [4.69, 9.17) is 4.74 Å². The van der Waals surface area contributed by atoms with Crippen molar-refractivity contribution in [3.05, 3.63) is 65.7 Å². The summed E-state index contributed by atoms with van der Waals surface area (Å²) in [5, 5.41) is 3.25. The lowest BCUT2D eigenvalue weighted by molar-refractivity contribution is 0.0918. The molecule has 124 valence electrons. The second-order valence-corrected chi connectivity index (χ2v) is 7.03. The zero-order valence-electron chi connectivity index (χ0n) is 13.8. The van der Waals surface area contributed by atoms with Crippen molar-refractivity contribution in [1.29, 1.82) is 0 Å². The molecule has 0 spiro atoms. The first-order chi connectivity index (χ1) is 11.8. The van der Waals surface area contributed by atoms with Crippen LogP contribution in [0.15, 0.2) is 54.6 Å². The fourth-order valence-corrected chi connectivity index (χ4v) is 4.18. The molecule has 0 heterocycles. The van der Waals surface area contributed by atoms with Crippen LogP contribution in [0.1, 0.15) is 41.6 Å². The Kier molecular flexibility index (Phi) is 4.24. The molecule has 2 saturated carbocycles. The van der Waals surface area contributed by atoms with Crippen LogP contribution in [0.3, 0.4) is 0 Å². The number of carbonyl (C=O) groups is 1. The predicted molar refractivity (Wildman–Crippen MR) is 93.9 cm³/mol. The lowest BCUT2D eigenvalue weighted by Gasteiger charge is -2.23. The Bertz CT molecular complexity index is 713. The minimum atomic E-state index is -0.00351. The molecule has 2 fully saturated rings. The second kappa shape index (κ2) is 6.68. The van der Waals surface area contributed by atoms with E-state index in [0.717, 1.165) is 17.9 Å². The lowest BCUT2D eigenvalue weighted by Crippen LogP contribution is -2.38. The molecule has 4 rings (SSSR count). The van der Waals surface area contributed by atoms with Crippen LogP contribution < -0.4 is 10.1 Å². The number of carbonyl (C=O) groups excluding carboxylic acids is 1. The third-order valence-electron chi connectivity index (χ3n) is 5.42. The van der Waals surface area contributed by atoms with Gasteiger partial charge < -0.3 is 10.1 Å². The summed E-state index contributed by atoms with van der Waals surface area (Å²) in [6.07, 6.45) is 5.04. The Morgan fingerprint density at radius 3 is 2.54 bits per heavy atom. The first-order valence-electron chi connectivity index (χ1n) is 8.86. The first-order valence-corrected chi connectivity index (χ1v) is 8.86. The molecule has 24 heavy (non-hydrogen) atoms. The zero-order chi connectivity index (χ0) is 16.4. The summed E-state index contributed by atoms with van der Waals surface area (Å²) < 4.78 is 5.91. The van der Waals surface area contributed by atoms with Crippen molar-refractivity contribution in [3.63, 3.8) is 0 Å². The van der Waals surface area contributed by atoms with E-state index in [1.54, 1.807) is 0 Å². The van der Waals surface area contributed by atoms with Crippen molar-refractivity contribution in [2.45, 2.75) is 38.3 Å². The van der Waals surface area contributed by atoms with E-state index in [2.05, 4.69) is 5.32 Å². The molecule has 2 aromatic rings. The first kappa shape index (κ1) is 15.3. The van der Waals surface area contributed by atoms with Crippen LogP contribution >= 0.6 is 0 Å². The summed E-state index contributed by atoms with van der Waals surface area (Å²) in [5.74, 6) is 2.15. The maximum atomic E-state index is 12.7. The third kappa shape index (κ3) is 3.16. The molecule has 3 heteroatoms. The van der Waals surface area contributed by atoms with Gasteiger partial charge in [-0.3, -0.25) is 4.79 Å². The minimum absolute atomic E-state index is 0.00351. The van der Waals surface area contributed by atoms with Gasteiger partial charge in [-0.25, -0.2) is 0 Å². The molecule has 0 aliphatic heterocycles. The molecule has 0 aromatic heterocycles. The van der Waals surface area contributed by atoms with Crippen LogP contribution in [-0.4, -0.2) is 11.9 Å². The molecule has 0 unspecified atom stereocenters. The van der Waals surface area contributed by atoms with Gasteiger partial charge in [-0.2, -0.15) is 0 Å². The molecular weight excluding hydrogens is 298 g/mol. The van der Waals surface area contributed by atoms with Gasteiger partial charge in [-0.1, -0.05) is 48.9 Å². The highest BCUT2D eigenvalue weighted by molar-refractivity contribution is 5.97. The molecular formula is C21H23NO2. The Morgan fingerprint density at radius 1 is 1.00 bits per heavy atom. The van der Waals surface area contributed by atoms with E-state index in [1.807, 2.05) is 54.6 Å². The normalized spacial score (nSPS) is 24.8. The van der Waals surface area contributed by atoms with Crippen molar-refractivity contribution in [2.75, 3.05) is 0 Å². The van der Waals surface area contributed by atoms with E-state index in [9.17, 15) is 4.79 Å². The van der Waals surface area contributed by atoms with Crippen molar-refractivity contribution >= 4 is 5.91 Å². The van der Waals surface area contributed by atoms with E-state index >= 15 is 0 Å². The van der Waals surface area contributed by atoms with Gasteiger partial charge in [0, 0.05) is 6.04 Å². The van der Waals surface area contributed by atoms with Gasteiger partial charge in [0.2, 0.25) is 0 Å². The van der Waals surface area contributed by atoms with Crippen LogP contribution in [-0.2, 0) is 6.61 Å². The van der Waals surface area contributed by atoms with Gasteiger partial charge in [0.25, 0.3) is 5.91 Å². The highest BCUT2D eigenvalue weighted by Crippen LogP contribution is 2.44. The van der Waals surface area contributed by atoms with Gasteiger partial charge in [0.1, 0.15) is 12.4 Å². The lowest BCUT2D eigenvalue weighted by atomic mass is 9.95. The highest BCUT2D eigenvalue weighted by Gasteiger charge is 2.40. The van der Waals surface area contributed by atoms with Crippen LogP contribution in [0.2, 0.25) is 0 Å². The van der Waals surface area contributed by atoms with Crippen molar-refractivity contribution in [1.82, 2.24) is 5.32 Å². The van der Waals surface area contributed by atoms with Gasteiger partial charge in [0.15, 0.2) is 0 Å². The molecule has 2 aliphatic carbocycles. The summed E-state index contributed by atoms with van der Waals surface area (Å²) in [6.45, 7) is 0.471. The van der Waals surface area contributed by atoms with Crippen molar-refractivity contribution in [2.24, 2.45) is 11.8 Å². The monoisotopic (exact) mass is 321 g/mol. The smallest absolute Gasteiger partial charge is 0.255 e. The minimum Gasteiger partial charge on any atom is -0.488 e. The summed E-state index contributed by atoms with van der Waals surface area (Å²) in [5.41, 5.74) is 1.73. The fraction of sp³-hybridized carbons (Fsp3) is 0.381. The van der Waals surface area contributed by atoms with E-state index in [0.29, 0.717) is 29.9 Å². The Labute approximate surface area is 143 Å². The Hall–Kier alpha value is -2.29. The largest absolute Gasteiger partial charge is 0.488 e. The van der Waals surface area contributed by atoms with E-state index < -0.39 is 0 Å². The maximum Gasteiger partial charge on any atom is 0.255 e. The fourth-order valence-electron chi connectivity index (χ4n) is 4.18. The molecule has 3 atom stereocenters. The number of benzene rings is 2. The van der Waals surface area contributed by atoms with E-state index in [-0.39, 0.29) is 5.91 Å².